The van der Waals surface area contributed by atoms with Gasteiger partial charge < -0.3 is 20.6 Å². The molecule has 0 spiro atoms. The van der Waals surface area contributed by atoms with Crippen molar-refractivity contribution in [2.24, 2.45) is 0 Å². The third-order valence-corrected chi connectivity index (χ3v) is 3.68. The molecule has 0 saturated carbocycles. The normalized spacial score (nSPS) is 11.6. The van der Waals surface area contributed by atoms with Gasteiger partial charge in [-0.15, -0.1) is 0 Å². The van der Waals surface area contributed by atoms with Crippen LogP contribution in [0.5, 0.6) is 0 Å². The van der Waals surface area contributed by atoms with Gasteiger partial charge in [0.05, 0.1) is 22.8 Å². The molecule has 1 amide bonds. The van der Waals surface area contributed by atoms with Crippen molar-refractivity contribution in [2.45, 2.75) is 19.6 Å². The van der Waals surface area contributed by atoms with Crippen molar-refractivity contribution < 1.29 is 29.7 Å². The van der Waals surface area contributed by atoms with Crippen LogP contribution in [0.25, 0.3) is 0 Å². The van der Waals surface area contributed by atoms with Crippen molar-refractivity contribution in [3.8, 4) is 0 Å². The van der Waals surface area contributed by atoms with Crippen molar-refractivity contribution in [3.05, 3.63) is 70.3 Å². The zero-order valence-electron chi connectivity index (χ0n) is 13.4. The van der Waals surface area contributed by atoms with Crippen LogP contribution < -0.4 is 5.32 Å². The standard InChI is InChI=1S/C18H17NO6/c1-10(20)15-8-11(17(22)23)6-7-12(15)9-19-16(21)13-4-2-3-5-14(13)18(24)25/h2-8,10,20H,9H2,1H3,(H,19,21)(H,22,23)(H,24,25). The summed E-state index contributed by atoms with van der Waals surface area (Å²) in [5.74, 6) is -2.90. The van der Waals surface area contributed by atoms with Crippen LogP contribution in [0, 0.1) is 0 Å². The second-order valence-electron chi connectivity index (χ2n) is 5.43. The van der Waals surface area contributed by atoms with E-state index in [0.717, 1.165) is 0 Å². The molecule has 0 saturated heterocycles. The fourth-order valence-electron chi connectivity index (χ4n) is 2.42. The minimum absolute atomic E-state index is 0.0208. The second kappa shape index (κ2) is 7.59. The van der Waals surface area contributed by atoms with Gasteiger partial charge in [0, 0.05) is 6.54 Å². The summed E-state index contributed by atoms with van der Waals surface area (Å²) in [6.45, 7) is 1.51. The number of carboxylic acids is 2. The Morgan fingerprint density at radius 3 is 2.20 bits per heavy atom. The molecule has 25 heavy (non-hydrogen) atoms. The highest BCUT2D eigenvalue weighted by atomic mass is 16.4. The van der Waals surface area contributed by atoms with Crippen molar-refractivity contribution in [3.63, 3.8) is 0 Å². The number of aliphatic hydroxyl groups is 1. The molecular weight excluding hydrogens is 326 g/mol. The van der Waals surface area contributed by atoms with Gasteiger partial charge in [-0.1, -0.05) is 18.2 Å². The molecule has 2 aromatic carbocycles. The molecule has 1 unspecified atom stereocenters. The van der Waals surface area contributed by atoms with Gasteiger partial charge in [-0.25, -0.2) is 9.59 Å². The number of rotatable bonds is 6. The summed E-state index contributed by atoms with van der Waals surface area (Å²) in [5, 5.41) is 30.6. The van der Waals surface area contributed by atoms with Crippen LogP contribution in [0.15, 0.2) is 42.5 Å². The summed E-state index contributed by atoms with van der Waals surface area (Å²) in [4.78, 5) is 34.5. The van der Waals surface area contributed by atoms with E-state index in [2.05, 4.69) is 5.32 Å². The number of carboxylic acid groups (broad SMARTS) is 2. The maximum Gasteiger partial charge on any atom is 0.336 e. The van der Waals surface area contributed by atoms with Gasteiger partial charge in [0.1, 0.15) is 0 Å². The van der Waals surface area contributed by atoms with Crippen LogP contribution in [0.3, 0.4) is 0 Å². The largest absolute Gasteiger partial charge is 0.478 e. The van der Waals surface area contributed by atoms with E-state index in [9.17, 15) is 19.5 Å². The maximum atomic E-state index is 12.3. The lowest BCUT2D eigenvalue weighted by Crippen LogP contribution is -2.25. The van der Waals surface area contributed by atoms with Crippen LogP contribution in [0.1, 0.15) is 55.2 Å². The molecular formula is C18H17NO6. The average Bonchev–Trinajstić information content (AvgIpc) is 2.59. The van der Waals surface area contributed by atoms with Crippen LogP contribution >= 0.6 is 0 Å². The smallest absolute Gasteiger partial charge is 0.336 e. The summed E-state index contributed by atoms with van der Waals surface area (Å²) in [7, 11) is 0. The third-order valence-electron chi connectivity index (χ3n) is 3.68. The van der Waals surface area contributed by atoms with Gasteiger partial charge in [-0.2, -0.15) is 0 Å². The molecule has 0 heterocycles. The Hall–Kier alpha value is -3.19. The Kier molecular flexibility index (Phi) is 5.51. The van der Waals surface area contributed by atoms with E-state index >= 15 is 0 Å². The Labute approximate surface area is 143 Å². The van der Waals surface area contributed by atoms with Crippen molar-refractivity contribution in [1.82, 2.24) is 5.32 Å². The first-order valence-corrected chi connectivity index (χ1v) is 7.46. The van der Waals surface area contributed by atoms with Gasteiger partial charge >= 0.3 is 11.9 Å². The Morgan fingerprint density at radius 2 is 1.64 bits per heavy atom. The van der Waals surface area contributed by atoms with Crippen molar-refractivity contribution in [2.75, 3.05) is 0 Å². The number of carbonyl (C=O) groups is 3. The number of aliphatic hydroxyl groups excluding tert-OH is 1. The molecule has 4 N–H and O–H groups in total. The quantitative estimate of drug-likeness (QED) is 0.636. The van der Waals surface area contributed by atoms with E-state index in [1.54, 1.807) is 6.07 Å². The van der Waals surface area contributed by atoms with Gasteiger partial charge in [-0.05, 0) is 42.3 Å². The van der Waals surface area contributed by atoms with E-state index in [4.69, 9.17) is 10.2 Å². The minimum atomic E-state index is -1.21. The first-order valence-electron chi connectivity index (χ1n) is 7.46. The fourth-order valence-corrected chi connectivity index (χ4v) is 2.42. The predicted octanol–water partition coefficient (Wildman–Crippen LogP) is 2.07. The first-order chi connectivity index (χ1) is 11.8. The van der Waals surface area contributed by atoms with E-state index in [1.165, 1.54) is 43.3 Å². The summed E-state index contributed by atoms with van der Waals surface area (Å²) >= 11 is 0. The zero-order valence-corrected chi connectivity index (χ0v) is 13.4. The molecule has 0 bridgehead atoms. The topological polar surface area (TPSA) is 124 Å². The van der Waals surface area contributed by atoms with Crippen LogP contribution in [-0.2, 0) is 6.54 Å². The van der Waals surface area contributed by atoms with Gasteiger partial charge in [-0.3, -0.25) is 4.79 Å². The average molecular weight is 343 g/mol. The van der Waals surface area contributed by atoms with Crippen molar-refractivity contribution in [1.29, 1.82) is 0 Å². The summed E-state index contributed by atoms with van der Waals surface area (Å²) in [5.41, 5.74) is 0.864. The zero-order chi connectivity index (χ0) is 18.6. The molecule has 130 valence electrons. The van der Waals surface area contributed by atoms with Gasteiger partial charge in [0.25, 0.3) is 5.91 Å². The SMILES string of the molecule is CC(O)c1cc(C(=O)O)ccc1CNC(=O)c1ccccc1C(=O)O. The highest BCUT2D eigenvalue weighted by Crippen LogP contribution is 2.20. The summed E-state index contributed by atoms with van der Waals surface area (Å²) in [6, 6.07) is 10.1. The molecule has 0 fully saturated rings. The first kappa shape index (κ1) is 18.2. The van der Waals surface area contributed by atoms with Gasteiger partial charge in [0.15, 0.2) is 0 Å². The molecule has 0 aliphatic heterocycles. The number of carbonyl (C=O) groups excluding carboxylic acids is 1. The fraction of sp³-hybridized carbons (Fsp3) is 0.167. The molecule has 2 rings (SSSR count). The number of aromatic carboxylic acids is 2. The molecule has 0 aromatic heterocycles. The van der Waals surface area contributed by atoms with E-state index < -0.39 is 23.9 Å². The van der Waals surface area contributed by atoms with Crippen LogP contribution in [0.4, 0.5) is 0 Å². The van der Waals surface area contributed by atoms with E-state index in [1.807, 2.05) is 0 Å². The highest BCUT2D eigenvalue weighted by Gasteiger charge is 2.17. The summed E-state index contributed by atoms with van der Waals surface area (Å²) in [6.07, 6.45) is -0.919. The van der Waals surface area contributed by atoms with Crippen LogP contribution in [-0.4, -0.2) is 33.2 Å². The molecule has 7 nitrogen and oxygen atoms in total. The lowest BCUT2D eigenvalue weighted by molar-refractivity contribution is 0.0684. The number of hydrogen-bond acceptors (Lipinski definition) is 4. The third kappa shape index (κ3) is 4.21. The highest BCUT2D eigenvalue weighted by molar-refractivity contribution is 6.04. The molecule has 2 aromatic rings. The molecule has 7 heteroatoms. The van der Waals surface area contributed by atoms with Crippen molar-refractivity contribution >= 4 is 17.8 Å². The Morgan fingerprint density at radius 1 is 1.00 bits per heavy atom. The minimum Gasteiger partial charge on any atom is -0.478 e. The lowest BCUT2D eigenvalue weighted by Gasteiger charge is -2.14. The molecule has 1 atom stereocenters. The lowest BCUT2D eigenvalue weighted by atomic mass is 9.99. The van der Waals surface area contributed by atoms with Crippen LogP contribution in [0.2, 0.25) is 0 Å². The Balaban J connectivity index is 2.23. The predicted molar refractivity (Wildman–Crippen MR) is 88.6 cm³/mol. The Bertz CT molecular complexity index is 828. The van der Waals surface area contributed by atoms with E-state index in [0.29, 0.717) is 11.1 Å². The van der Waals surface area contributed by atoms with Gasteiger partial charge in [0.2, 0.25) is 0 Å². The number of hydrogen-bond donors (Lipinski definition) is 4. The number of benzene rings is 2. The molecule has 0 radical (unpaired) electrons. The summed E-state index contributed by atoms with van der Waals surface area (Å²) < 4.78 is 0. The molecule has 0 aliphatic rings. The molecule has 0 aliphatic carbocycles. The number of amides is 1. The number of nitrogens with one attached hydrogen (secondary N) is 1. The monoisotopic (exact) mass is 343 g/mol. The maximum absolute atomic E-state index is 12.3. The van der Waals surface area contributed by atoms with E-state index in [-0.39, 0.29) is 23.2 Å². The second-order valence-corrected chi connectivity index (χ2v) is 5.43.